The standard InChI is InChI=1S/C15H20N2O3/c1-3-15(14(19)20)6-8-17(9-7-15)13(18)12-5-4-11(2)16-10-12/h4-5,10H,3,6-9H2,1-2H3,(H,19,20). The molecule has 0 unspecified atom stereocenters. The first kappa shape index (κ1) is 14.5. The summed E-state index contributed by atoms with van der Waals surface area (Å²) in [5.41, 5.74) is 0.772. The first-order chi connectivity index (χ1) is 9.48. The van der Waals surface area contributed by atoms with Crippen LogP contribution < -0.4 is 0 Å². The van der Waals surface area contributed by atoms with E-state index in [-0.39, 0.29) is 5.91 Å². The summed E-state index contributed by atoms with van der Waals surface area (Å²) in [5, 5.41) is 9.35. The van der Waals surface area contributed by atoms with Crippen LogP contribution in [0.5, 0.6) is 0 Å². The van der Waals surface area contributed by atoms with Crippen LogP contribution in [-0.2, 0) is 4.79 Å². The number of carbonyl (C=O) groups is 2. The van der Waals surface area contributed by atoms with Gasteiger partial charge in [0.2, 0.25) is 0 Å². The molecule has 5 heteroatoms. The minimum atomic E-state index is -0.746. The maximum absolute atomic E-state index is 12.3. The Hall–Kier alpha value is -1.91. The molecule has 20 heavy (non-hydrogen) atoms. The van der Waals surface area contributed by atoms with E-state index in [2.05, 4.69) is 4.98 Å². The zero-order valence-electron chi connectivity index (χ0n) is 11.9. The van der Waals surface area contributed by atoms with Gasteiger partial charge in [-0.3, -0.25) is 14.6 Å². The smallest absolute Gasteiger partial charge is 0.309 e. The fraction of sp³-hybridized carbons (Fsp3) is 0.533. The van der Waals surface area contributed by atoms with Gasteiger partial charge in [-0.1, -0.05) is 6.92 Å². The summed E-state index contributed by atoms with van der Waals surface area (Å²) in [5.74, 6) is -0.809. The number of hydrogen-bond acceptors (Lipinski definition) is 3. The van der Waals surface area contributed by atoms with Gasteiger partial charge in [-0.25, -0.2) is 0 Å². The largest absolute Gasteiger partial charge is 0.481 e. The molecule has 1 saturated heterocycles. The normalized spacial score (nSPS) is 17.8. The lowest BCUT2D eigenvalue weighted by atomic mass is 9.76. The van der Waals surface area contributed by atoms with E-state index in [1.807, 2.05) is 19.9 Å². The van der Waals surface area contributed by atoms with Crippen molar-refractivity contribution in [3.63, 3.8) is 0 Å². The average Bonchev–Trinajstić information content (AvgIpc) is 2.47. The van der Waals surface area contributed by atoms with Gasteiger partial charge in [-0.15, -0.1) is 0 Å². The average molecular weight is 276 g/mol. The van der Waals surface area contributed by atoms with Crippen LogP contribution in [0.2, 0.25) is 0 Å². The number of pyridine rings is 1. The van der Waals surface area contributed by atoms with Crippen molar-refractivity contribution in [1.82, 2.24) is 9.88 Å². The lowest BCUT2D eigenvalue weighted by Crippen LogP contribution is -2.46. The molecular weight excluding hydrogens is 256 g/mol. The number of carboxylic acid groups (broad SMARTS) is 1. The summed E-state index contributed by atoms with van der Waals surface area (Å²) in [4.78, 5) is 29.5. The summed E-state index contributed by atoms with van der Waals surface area (Å²) in [6.07, 6.45) is 3.22. The van der Waals surface area contributed by atoms with E-state index in [0.717, 1.165) is 5.69 Å². The van der Waals surface area contributed by atoms with Gasteiger partial charge in [0.15, 0.2) is 0 Å². The van der Waals surface area contributed by atoms with Crippen LogP contribution in [0, 0.1) is 12.3 Å². The van der Waals surface area contributed by atoms with Crippen molar-refractivity contribution in [1.29, 1.82) is 0 Å². The van der Waals surface area contributed by atoms with Gasteiger partial charge >= 0.3 is 5.97 Å². The molecule has 0 atom stereocenters. The number of aromatic nitrogens is 1. The first-order valence-corrected chi connectivity index (χ1v) is 6.94. The SMILES string of the molecule is CCC1(C(=O)O)CCN(C(=O)c2ccc(C)nc2)CC1. The van der Waals surface area contributed by atoms with Crippen molar-refractivity contribution in [2.75, 3.05) is 13.1 Å². The molecule has 1 N–H and O–H groups in total. The van der Waals surface area contributed by atoms with Gasteiger partial charge in [-0.05, 0) is 38.3 Å². The van der Waals surface area contributed by atoms with Gasteiger partial charge in [0.05, 0.1) is 11.0 Å². The van der Waals surface area contributed by atoms with Crippen molar-refractivity contribution >= 4 is 11.9 Å². The molecule has 0 spiro atoms. The Labute approximate surface area is 118 Å². The molecule has 5 nitrogen and oxygen atoms in total. The van der Waals surface area contributed by atoms with E-state index in [0.29, 0.717) is 37.9 Å². The third-order valence-electron chi connectivity index (χ3n) is 4.30. The number of aryl methyl sites for hydroxylation is 1. The molecule has 0 saturated carbocycles. The van der Waals surface area contributed by atoms with E-state index >= 15 is 0 Å². The Morgan fingerprint density at radius 1 is 1.35 bits per heavy atom. The van der Waals surface area contributed by atoms with E-state index < -0.39 is 11.4 Å². The summed E-state index contributed by atoms with van der Waals surface area (Å²) < 4.78 is 0. The van der Waals surface area contributed by atoms with Crippen molar-refractivity contribution < 1.29 is 14.7 Å². The van der Waals surface area contributed by atoms with Crippen LogP contribution in [-0.4, -0.2) is 40.0 Å². The Bertz CT molecular complexity index is 502. The predicted molar refractivity (Wildman–Crippen MR) is 74.5 cm³/mol. The second-order valence-corrected chi connectivity index (χ2v) is 5.42. The highest BCUT2D eigenvalue weighted by atomic mass is 16.4. The number of aliphatic carboxylic acids is 1. The fourth-order valence-corrected chi connectivity index (χ4v) is 2.63. The molecule has 0 radical (unpaired) electrons. The zero-order valence-corrected chi connectivity index (χ0v) is 11.9. The monoisotopic (exact) mass is 276 g/mol. The molecule has 1 aliphatic heterocycles. The Morgan fingerprint density at radius 3 is 2.45 bits per heavy atom. The Kier molecular flexibility index (Phi) is 4.06. The maximum atomic E-state index is 12.3. The van der Waals surface area contributed by atoms with Crippen molar-refractivity contribution in [3.8, 4) is 0 Å². The zero-order chi connectivity index (χ0) is 14.8. The third-order valence-corrected chi connectivity index (χ3v) is 4.30. The first-order valence-electron chi connectivity index (χ1n) is 6.94. The van der Waals surface area contributed by atoms with E-state index in [1.54, 1.807) is 17.2 Å². The fourth-order valence-electron chi connectivity index (χ4n) is 2.63. The van der Waals surface area contributed by atoms with Gasteiger partial charge in [0, 0.05) is 25.0 Å². The molecule has 2 rings (SSSR count). The minimum Gasteiger partial charge on any atom is -0.481 e. The van der Waals surface area contributed by atoms with Gasteiger partial charge in [0.1, 0.15) is 0 Å². The number of hydrogen-bond donors (Lipinski definition) is 1. The van der Waals surface area contributed by atoms with Crippen molar-refractivity contribution in [3.05, 3.63) is 29.6 Å². The molecule has 1 aliphatic rings. The quantitative estimate of drug-likeness (QED) is 0.918. The minimum absolute atomic E-state index is 0.0624. The molecule has 108 valence electrons. The van der Waals surface area contributed by atoms with Crippen LogP contribution in [0.25, 0.3) is 0 Å². The summed E-state index contributed by atoms with van der Waals surface area (Å²) in [6.45, 7) is 4.76. The van der Waals surface area contributed by atoms with Crippen LogP contribution in [0.15, 0.2) is 18.3 Å². The highest BCUT2D eigenvalue weighted by Gasteiger charge is 2.40. The van der Waals surface area contributed by atoms with Gasteiger partial charge < -0.3 is 10.0 Å². The van der Waals surface area contributed by atoms with Crippen LogP contribution in [0.4, 0.5) is 0 Å². The summed E-state index contributed by atoms with van der Waals surface area (Å²) in [7, 11) is 0. The molecule has 1 aromatic rings. The summed E-state index contributed by atoms with van der Waals surface area (Å²) >= 11 is 0. The number of likely N-dealkylation sites (tertiary alicyclic amines) is 1. The number of carboxylic acids is 1. The second-order valence-electron chi connectivity index (χ2n) is 5.42. The Balaban J connectivity index is 2.05. The molecule has 0 bridgehead atoms. The van der Waals surface area contributed by atoms with Gasteiger partial charge in [0.25, 0.3) is 5.91 Å². The molecule has 1 aromatic heterocycles. The molecule has 0 aliphatic carbocycles. The molecule has 1 fully saturated rings. The number of carbonyl (C=O) groups excluding carboxylic acids is 1. The maximum Gasteiger partial charge on any atom is 0.309 e. The van der Waals surface area contributed by atoms with Crippen LogP contribution >= 0.6 is 0 Å². The van der Waals surface area contributed by atoms with Crippen LogP contribution in [0.3, 0.4) is 0 Å². The molecule has 0 aromatic carbocycles. The Morgan fingerprint density at radius 2 is 2.00 bits per heavy atom. The number of rotatable bonds is 3. The number of piperidine rings is 1. The molecular formula is C15H20N2O3. The number of amides is 1. The van der Waals surface area contributed by atoms with E-state index in [9.17, 15) is 14.7 Å². The molecule has 1 amide bonds. The van der Waals surface area contributed by atoms with Crippen molar-refractivity contribution in [2.45, 2.75) is 33.1 Å². The second kappa shape index (κ2) is 5.61. The lowest BCUT2D eigenvalue weighted by molar-refractivity contribution is -0.152. The number of nitrogens with zero attached hydrogens (tertiary/aromatic N) is 2. The predicted octanol–water partition coefficient (Wildman–Crippen LogP) is 2.11. The lowest BCUT2D eigenvalue weighted by Gasteiger charge is -2.38. The van der Waals surface area contributed by atoms with E-state index in [1.165, 1.54) is 0 Å². The van der Waals surface area contributed by atoms with Crippen molar-refractivity contribution in [2.24, 2.45) is 5.41 Å². The topological polar surface area (TPSA) is 70.5 Å². The van der Waals surface area contributed by atoms with Gasteiger partial charge in [-0.2, -0.15) is 0 Å². The highest BCUT2D eigenvalue weighted by molar-refractivity contribution is 5.94. The summed E-state index contributed by atoms with van der Waals surface area (Å²) in [6, 6.07) is 3.58. The van der Waals surface area contributed by atoms with Crippen LogP contribution in [0.1, 0.15) is 42.2 Å². The third kappa shape index (κ3) is 2.66. The van der Waals surface area contributed by atoms with E-state index in [4.69, 9.17) is 0 Å². The molecule has 2 heterocycles. The highest BCUT2D eigenvalue weighted by Crippen LogP contribution is 2.35.